The van der Waals surface area contributed by atoms with Gasteiger partial charge in [-0.15, -0.1) is 0 Å². The van der Waals surface area contributed by atoms with Gasteiger partial charge in [-0.3, -0.25) is 9.59 Å². The minimum Gasteiger partial charge on any atom is -0.507 e. The molecule has 5 nitrogen and oxygen atoms in total. The number of phenols is 1. The van der Waals surface area contributed by atoms with Gasteiger partial charge in [-0.05, 0) is 81.3 Å². The molecular weight excluding hydrogens is 412 g/mol. The topological polar surface area (TPSA) is 72.8 Å². The first-order chi connectivity index (χ1) is 14.7. The molecule has 31 heavy (non-hydrogen) atoms. The molecule has 0 aromatic heterocycles. The molecule has 1 N–H and O–H groups in total. The molecule has 0 radical (unpaired) electrons. The van der Waals surface area contributed by atoms with Crippen LogP contribution >= 0.6 is 11.8 Å². The van der Waals surface area contributed by atoms with Crippen LogP contribution in [0.3, 0.4) is 0 Å². The molecule has 0 aliphatic carbocycles. The minimum atomic E-state index is -0.459. The second-order valence-corrected chi connectivity index (χ2v) is 10.1. The molecule has 0 saturated carbocycles. The van der Waals surface area contributed by atoms with E-state index in [1.807, 2.05) is 45.0 Å². The lowest BCUT2D eigenvalue weighted by Gasteiger charge is -2.37. The summed E-state index contributed by atoms with van der Waals surface area (Å²) in [7, 11) is 0. The lowest BCUT2D eigenvalue weighted by atomic mass is 9.87. The lowest BCUT2D eigenvalue weighted by Crippen LogP contribution is -2.42. The molecule has 2 unspecified atom stereocenters. The highest BCUT2D eigenvalue weighted by atomic mass is 32.2. The Morgan fingerprint density at radius 1 is 1.13 bits per heavy atom. The number of ether oxygens (including phenoxy) is 2. The number of thioether (sulfide) groups is 1. The van der Waals surface area contributed by atoms with Crippen molar-refractivity contribution in [3.63, 3.8) is 0 Å². The molecular formula is C25H28O5S. The second kappa shape index (κ2) is 8.23. The van der Waals surface area contributed by atoms with Crippen LogP contribution in [-0.2, 0) is 22.4 Å². The van der Waals surface area contributed by atoms with Crippen LogP contribution in [0.25, 0.3) is 0 Å². The number of hydrogen-bond acceptors (Lipinski definition) is 6. The number of phenolic OH excluding ortho intramolecular Hbond substituents is 1. The van der Waals surface area contributed by atoms with Crippen LogP contribution in [0.1, 0.15) is 47.6 Å². The standard InChI is InChI=1S/C25H28O5S/c1-14-15(2)24-19(16(3)23(14)28)9-10-25(4,30-24)13-29-18-7-5-17(6-8-18)11-21-20(26)12-22(27)31-21/h5-8,21,28H,9-13H2,1-4H3. The molecule has 0 spiro atoms. The quantitative estimate of drug-likeness (QED) is 0.684. The van der Waals surface area contributed by atoms with E-state index in [1.54, 1.807) is 0 Å². The molecule has 0 amide bonds. The first-order valence-electron chi connectivity index (χ1n) is 10.6. The van der Waals surface area contributed by atoms with Crippen LogP contribution in [0.5, 0.6) is 17.2 Å². The number of rotatable bonds is 5. The number of hydrogen-bond donors (Lipinski definition) is 1. The van der Waals surface area contributed by atoms with Crippen molar-refractivity contribution in [1.82, 2.24) is 0 Å². The molecule has 0 bridgehead atoms. The Morgan fingerprint density at radius 3 is 2.48 bits per heavy atom. The molecule has 2 aromatic rings. The van der Waals surface area contributed by atoms with E-state index in [9.17, 15) is 14.7 Å². The van der Waals surface area contributed by atoms with Crippen LogP contribution in [0, 0.1) is 20.8 Å². The van der Waals surface area contributed by atoms with Gasteiger partial charge in [-0.1, -0.05) is 23.9 Å². The average Bonchev–Trinajstić information content (AvgIpc) is 3.06. The summed E-state index contributed by atoms with van der Waals surface area (Å²) in [4.78, 5) is 23.3. The van der Waals surface area contributed by atoms with Crippen LogP contribution in [-0.4, -0.2) is 33.5 Å². The van der Waals surface area contributed by atoms with Gasteiger partial charge in [0.1, 0.15) is 29.5 Å². The van der Waals surface area contributed by atoms with Gasteiger partial charge in [0.2, 0.25) is 0 Å². The third-order valence-electron chi connectivity index (χ3n) is 6.43. The van der Waals surface area contributed by atoms with Crippen molar-refractivity contribution in [2.45, 2.75) is 64.2 Å². The zero-order valence-corrected chi connectivity index (χ0v) is 19.2. The first kappa shape index (κ1) is 21.8. The molecule has 4 rings (SSSR count). The SMILES string of the molecule is Cc1c(C)c2c(c(C)c1O)CCC(C)(COc1ccc(CC3SC(=O)CC3=O)cc1)O2. The molecule has 1 saturated heterocycles. The normalized spacial score (nSPS) is 22.9. The van der Waals surface area contributed by atoms with Crippen molar-refractivity contribution in [2.24, 2.45) is 0 Å². The third kappa shape index (κ3) is 4.31. The van der Waals surface area contributed by atoms with Gasteiger partial charge in [0, 0.05) is 5.56 Å². The average molecular weight is 441 g/mol. The van der Waals surface area contributed by atoms with Gasteiger partial charge in [-0.25, -0.2) is 0 Å². The number of fused-ring (bicyclic) bond motifs is 1. The highest BCUT2D eigenvalue weighted by molar-refractivity contribution is 8.15. The largest absolute Gasteiger partial charge is 0.507 e. The van der Waals surface area contributed by atoms with Crippen molar-refractivity contribution in [3.05, 3.63) is 52.1 Å². The number of ketones is 1. The molecule has 2 atom stereocenters. The van der Waals surface area contributed by atoms with E-state index in [0.717, 1.165) is 63.9 Å². The Labute approximate surface area is 187 Å². The Hall–Kier alpha value is -2.47. The van der Waals surface area contributed by atoms with Gasteiger partial charge >= 0.3 is 0 Å². The van der Waals surface area contributed by atoms with Crippen molar-refractivity contribution in [2.75, 3.05) is 6.61 Å². The summed E-state index contributed by atoms with van der Waals surface area (Å²) in [6.07, 6.45) is 2.25. The fourth-order valence-corrected chi connectivity index (χ4v) is 5.28. The summed E-state index contributed by atoms with van der Waals surface area (Å²) in [5.41, 5.74) is 4.38. The number of carbonyl (C=O) groups excluding carboxylic acids is 2. The fourth-order valence-electron chi connectivity index (χ4n) is 4.25. The zero-order valence-electron chi connectivity index (χ0n) is 18.4. The maximum atomic E-state index is 11.8. The van der Waals surface area contributed by atoms with Crippen molar-refractivity contribution in [3.8, 4) is 17.2 Å². The Kier molecular flexibility index (Phi) is 5.77. The highest BCUT2D eigenvalue weighted by Crippen LogP contribution is 2.43. The van der Waals surface area contributed by atoms with Crippen LogP contribution in [0.2, 0.25) is 0 Å². The fraction of sp³-hybridized carbons (Fsp3) is 0.440. The maximum absolute atomic E-state index is 11.8. The van der Waals surface area contributed by atoms with E-state index in [0.29, 0.717) is 18.8 Å². The van der Waals surface area contributed by atoms with Gasteiger partial charge in [0.05, 0.1) is 11.7 Å². The van der Waals surface area contributed by atoms with Gasteiger partial charge < -0.3 is 14.6 Å². The number of benzene rings is 2. The minimum absolute atomic E-state index is 0.0204. The summed E-state index contributed by atoms with van der Waals surface area (Å²) < 4.78 is 12.5. The highest BCUT2D eigenvalue weighted by Gasteiger charge is 2.35. The maximum Gasteiger partial charge on any atom is 0.197 e. The second-order valence-electron chi connectivity index (χ2n) is 8.84. The van der Waals surface area contributed by atoms with E-state index in [1.165, 1.54) is 0 Å². The Bertz CT molecular complexity index is 1040. The number of aromatic hydroxyl groups is 1. The van der Waals surface area contributed by atoms with Gasteiger partial charge in [0.15, 0.2) is 10.9 Å². The number of Topliss-reactive ketones (excluding diaryl/α,β-unsaturated/α-hetero) is 1. The summed E-state index contributed by atoms with van der Waals surface area (Å²) in [5, 5.41) is 10.1. The summed E-state index contributed by atoms with van der Waals surface area (Å²) in [5.74, 6) is 2.00. The first-order valence-corrected chi connectivity index (χ1v) is 11.5. The third-order valence-corrected chi connectivity index (χ3v) is 7.55. The summed E-state index contributed by atoms with van der Waals surface area (Å²) >= 11 is 1.15. The van der Waals surface area contributed by atoms with Crippen LogP contribution < -0.4 is 9.47 Å². The predicted octanol–water partition coefficient (Wildman–Crippen LogP) is 4.62. The van der Waals surface area contributed by atoms with E-state index in [-0.39, 0.29) is 22.6 Å². The molecule has 2 aliphatic heterocycles. The smallest absolute Gasteiger partial charge is 0.197 e. The zero-order chi connectivity index (χ0) is 22.3. The molecule has 164 valence electrons. The lowest BCUT2D eigenvalue weighted by molar-refractivity contribution is -0.121. The summed E-state index contributed by atoms with van der Waals surface area (Å²) in [6.45, 7) is 8.31. The molecule has 2 heterocycles. The Balaban J connectivity index is 1.41. The Morgan fingerprint density at radius 2 is 1.84 bits per heavy atom. The van der Waals surface area contributed by atoms with Crippen molar-refractivity contribution >= 4 is 22.7 Å². The molecule has 6 heteroatoms. The van der Waals surface area contributed by atoms with Crippen molar-refractivity contribution < 1.29 is 24.2 Å². The molecule has 2 aromatic carbocycles. The van der Waals surface area contributed by atoms with Gasteiger partial charge in [-0.2, -0.15) is 0 Å². The summed E-state index contributed by atoms with van der Waals surface area (Å²) in [6, 6.07) is 7.70. The van der Waals surface area contributed by atoms with Crippen LogP contribution in [0.15, 0.2) is 24.3 Å². The monoisotopic (exact) mass is 440 g/mol. The predicted molar refractivity (Wildman–Crippen MR) is 121 cm³/mol. The van der Waals surface area contributed by atoms with Gasteiger partial charge in [0.25, 0.3) is 0 Å². The molecule has 1 fully saturated rings. The van der Waals surface area contributed by atoms with E-state index in [4.69, 9.17) is 9.47 Å². The van der Waals surface area contributed by atoms with E-state index < -0.39 is 5.60 Å². The van der Waals surface area contributed by atoms with E-state index in [2.05, 4.69) is 6.92 Å². The van der Waals surface area contributed by atoms with E-state index >= 15 is 0 Å². The molecule has 2 aliphatic rings. The van der Waals surface area contributed by atoms with Crippen LogP contribution in [0.4, 0.5) is 0 Å². The van der Waals surface area contributed by atoms with Crippen molar-refractivity contribution in [1.29, 1.82) is 0 Å². The number of carbonyl (C=O) groups is 2.